The van der Waals surface area contributed by atoms with Crippen molar-refractivity contribution in [3.05, 3.63) is 17.7 Å². The van der Waals surface area contributed by atoms with Crippen molar-refractivity contribution in [1.82, 2.24) is 4.98 Å². The zero-order chi connectivity index (χ0) is 12.8. The standard InChI is InChI=1S/C9H16N2.BF4/c1-4-5-6-11-7-8(2)10-9(11)3;2-1(3,4)5/h7H,4-6H2,1-3H3;/q;-1/p+1. The van der Waals surface area contributed by atoms with Gasteiger partial charge in [0.25, 0.3) is 5.82 Å². The Bertz CT molecular complexity index is 303. The number of rotatable bonds is 3. The molecule has 2 nitrogen and oxygen atoms in total. The molecule has 0 bridgehead atoms. The maximum Gasteiger partial charge on any atom is 0.673 e. The summed E-state index contributed by atoms with van der Waals surface area (Å²) in [5.74, 6) is 1.26. The van der Waals surface area contributed by atoms with Gasteiger partial charge in [0.1, 0.15) is 11.9 Å². The Morgan fingerprint density at radius 3 is 2.06 bits per heavy atom. The second-order valence-corrected chi connectivity index (χ2v) is 3.56. The van der Waals surface area contributed by atoms with E-state index in [1.807, 2.05) is 0 Å². The molecule has 0 amide bonds. The Balaban J connectivity index is 0.000000385. The van der Waals surface area contributed by atoms with Gasteiger partial charge < -0.3 is 17.3 Å². The zero-order valence-corrected chi connectivity index (χ0v) is 9.74. The van der Waals surface area contributed by atoms with Crippen molar-refractivity contribution < 1.29 is 21.8 Å². The number of H-pyrrole nitrogens is 1. The minimum absolute atomic E-state index is 1.15. The second kappa shape index (κ2) is 6.55. The molecule has 0 unspecified atom stereocenters. The molecule has 1 heterocycles. The van der Waals surface area contributed by atoms with Gasteiger partial charge in [0.05, 0.1) is 6.54 Å². The van der Waals surface area contributed by atoms with Crippen molar-refractivity contribution in [2.45, 2.75) is 40.2 Å². The van der Waals surface area contributed by atoms with Crippen molar-refractivity contribution >= 4 is 7.25 Å². The fraction of sp³-hybridized carbons (Fsp3) is 0.667. The number of halogens is 4. The van der Waals surface area contributed by atoms with Crippen LogP contribution in [0.5, 0.6) is 0 Å². The van der Waals surface area contributed by atoms with Crippen molar-refractivity contribution in [3.63, 3.8) is 0 Å². The Morgan fingerprint density at radius 1 is 1.25 bits per heavy atom. The Hall–Kier alpha value is -1.01. The monoisotopic (exact) mass is 240 g/mol. The number of hydrogen-bond acceptors (Lipinski definition) is 0. The maximum atomic E-state index is 9.75. The van der Waals surface area contributed by atoms with Gasteiger partial charge >= 0.3 is 7.25 Å². The number of nitrogens with one attached hydrogen (secondary N) is 1. The fourth-order valence-electron chi connectivity index (χ4n) is 1.28. The average molecular weight is 240 g/mol. The van der Waals surface area contributed by atoms with E-state index in [0.717, 1.165) is 6.54 Å². The first-order chi connectivity index (χ1) is 7.24. The highest BCUT2D eigenvalue weighted by Gasteiger charge is 2.20. The largest absolute Gasteiger partial charge is 0.673 e. The molecule has 0 saturated heterocycles. The van der Waals surface area contributed by atoms with E-state index in [4.69, 9.17) is 0 Å². The summed E-state index contributed by atoms with van der Waals surface area (Å²) in [4.78, 5) is 3.28. The SMILES string of the molecule is CCCC[n+]1cc(C)[nH]c1C.F[B-](F)(F)F. The fourth-order valence-corrected chi connectivity index (χ4v) is 1.28. The average Bonchev–Trinajstić information content (AvgIpc) is 2.38. The van der Waals surface area contributed by atoms with Gasteiger partial charge in [-0.2, -0.15) is 0 Å². The van der Waals surface area contributed by atoms with Crippen molar-refractivity contribution in [3.8, 4) is 0 Å². The molecular formula is C9H17BF4N2. The molecule has 94 valence electrons. The van der Waals surface area contributed by atoms with E-state index in [0.29, 0.717) is 0 Å². The molecule has 1 aromatic heterocycles. The van der Waals surface area contributed by atoms with Crippen LogP contribution in [0.15, 0.2) is 6.20 Å². The third-order valence-corrected chi connectivity index (χ3v) is 1.91. The van der Waals surface area contributed by atoms with E-state index in [1.165, 1.54) is 24.4 Å². The number of aryl methyl sites for hydroxylation is 3. The lowest BCUT2D eigenvalue weighted by atomic mass is 10.3. The van der Waals surface area contributed by atoms with Crippen LogP contribution in [-0.4, -0.2) is 12.2 Å². The third-order valence-electron chi connectivity index (χ3n) is 1.91. The van der Waals surface area contributed by atoms with Gasteiger partial charge in [0.15, 0.2) is 0 Å². The minimum Gasteiger partial charge on any atom is -0.418 e. The number of nitrogens with zero attached hydrogens (tertiary/aromatic N) is 1. The van der Waals surface area contributed by atoms with Gasteiger partial charge in [0.2, 0.25) is 0 Å². The lowest BCUT2D eigenvalue weighted by Gasteiger charge is -1.94. The van der Waals surface area contributed by atoms with E-state index in [2.05, 4.69) is 36.5 Å². The molecule has 0 aliphatic carbocycles. The van der Waals surface area contributed by atoms with Crippen molar-refractivity contribution in [2.24, 2.45) is 0 Å². The third kappa shape index (κ3) is 8.32. The van der Waals surface area contributed by atoms with Gasteiger partial charge in [-0.25, -0.2) is 9.55 Å². The number of aromatic amines is 1. The van der Waals surface area contributed by atoms with E-state index < -0.39 is 7.25 Å². The molecule has 0 radical (unpaired) electrons. The maximum absolute atomic E-state index is 9.75. The summed E-state index contributed by atoms with van der Waals surface area (Å²) >= 11 is 0. The second-order valence-electron chi connectivity index (χ2n) is 3.56. The smallest absolute Gasteiger partial charge is 0.418 e. The Labute approximate surface area is 92.8 Å². The highest BCUT2D eigenvalue weighted by atomic mass is 19.5. The summed E-state index contributed by atoms with van der Waals surface area (Å²) in [5, 5.41) is 0. The predicted molar refractivity (Wildman–Crippen MR) is 55.6 cm³/mol. The number of hydrogen-bond donors (Lipinski definition) is 1. The summed E-state index contributed by atoms with van der Waals surface area (Å²) in [6.45, 7) is 7.57. The number of unbranched alkanes of at least 4 members (excludes halogenated alkanes) is 1. The minimum atomic E-state index is -6.00. The summed E-state index contributed by atoms with van der Waals surface area (Å²) in [6, 6.07) is 0. The van der Waals surface area contributed by atoms with Crippen LogP contribution in [0.4, 0.5) is 17.3 Å². The van der Waals surface area contributed by atoms with Crippen molar-refractivity contribution in [1.29, 1.82) is 0 Å². The highest BCUT2D eigenvalue weighted by molar-refractivity contribution is 6.50. The van der Waals surface area contributed by atoms with Crippen LogP contribution >= 0.6 is 0 Å². The first kappa shape index (κ1) is 15.0. The molecule has 0 aliphatic rings. The van der Waals surface area contributed by atoms with Crippen LogP contribution in [0.1, 0.15) is 31.3 Å². The topological polar surface area (TPSA) is 19.7 Å². The first-order valence-electron chi connectivity index (χ1n) is 5.17. The summed E-state index contributed by atoms with van der Waals surface area (Å²) < 4.78 is 41.3. The molecule has 0 aromatic carbocycles. The molecule has 1 rings (SSSR count). The molecule has 16 heavy (non-hydrogen) atoms. The quantitative estimate of drug-likeness (QED) is 0.476. The molecule has 0 fully saturated rings. The normalized spacial score (nSPS) is 10.9. The van der Waals surface area contributed by atoms with E-state index in [1.54, 1.807) is 0 Å². The first-order valence-corrected chi connectivity index (χ1v) is 5.17. The van der Waals surface area contributed by atoms with E-state index >= 15 is 0 Å². The van der Waals surface area contributed by atoms with Crippen LogP contribution in [0.2, 0.25) is 0 Å². The molecule has 1 aromatic rings. The number of aromatic nitrogens is 2. The van der Waals surface area contributed by atoms with Crippen LogP contribution < -0.4 is 4.57 Å². The Kier molecular flexibility index (Phi) is 6.14. The number of imidazole rings is 1. The summed E-state index contributed by atoms with van der Waals surface area (Å²) in [7, 11) is -6.00. The highest BCUT2D eigenvalue weighted by Crippen LogP contribution is 2.06. The summed E-state index contributed by atoms with van der Waals surface area (Å²) in [6.07, 6.45) is 4.70. The van der Waals surface area contributed by atoms with Crippen LogP contribution in [0.25, 0.3) is 0 Å². The van der Waals surface area contributed by atoms with Crippen molar-refractivity contribution in [2.75, 3.05) is 0 Å². The van der Waals surface area contributed by atoms with Crippen LogP contribution in [-0.2, 0) is 6.54 Å². The van der Waals surface area contributed by atoms with E-state index in [-0.39, 0.29) is 0 Å². The van der Waals surface area contributed by atoms with E-state index in [9.17, 15) is 17.3 Å². The molecule has 1 N–H and O–H groups in total. The molecule has 0 aliphatic heterocycles. The lowest BCUT2D eigenvalue weighted by molar-refractivity contribution is -0.702. The molecular weight excluding hydrogens is 223 g/mol. The lowest BCUT2D eigenvalue weighted by Crippen LogP contribution is -2.34. The van der Waals surface area contributed by atoms with Gasteiger partial charge in [-0.3, -0.25) is 0 Å². The van der Waals surface area contributed by atoms with Crippen LogP contribution in [0, 0.1) is 13.8 Å². The van der Waals surface area contributed by atoms with Crippen LogP contribution in [0.3, 0.4) is 0 Å². The van der Waals surface area contributed by atoms with Gasteiger partial charge in [-0.1, -0.05) is 13.3 Å². The van der Waals surface area contributed by atoms with Gasteiger partial charge in [-0.15, -0.1) is 0 Å². The molecule has 0 saturated carbocycles. The molecule has 0 atom stereocenters. The van der Waals surface area contributed by atoms with Gasteiger partial charge in [-0.05, 0) is 6.42 Å². The molecule has 0 spiro atoms. The molecule has 7 heteroatoms. The van der Waals surface area contributed by atoms with Gasteiger partial charge in [0, 0.05) is 13.8 Å². The zero-order valence-electron chi connectivity index (χ0n) is 9.74. The Morgan fingerprint density at radius 2 is 1.75 bits per heavy atom. The predicted octanol–water partition coefficient (Wildman–Crippen LogP) is 3.02. The summed E-state index contributed by atoms with van der Waals surface area (Å²) in [5.41, 5.74) is 1.25.